The van der Waals surface area contributed by atoms with Crippen LogP contribution in [-0.2, 0) is 5.41 Å². The third-order valence-electron chi connectivity index (χ3n) is 4.06. The van der Waals surface area contributed by atoms with Gasteiger partial charge in [-0.2, -0.15) is 0 Å². The lowest BCUT2D eigenvalue weighted by molar-refractivity contribution is 0.112. The lowest BCUT2D eigenvalue weighted by Gasteiger charge is -2.38. The number of benzene rings is 1. The number of halogens is 1. The van der Waals surface area contributed by atoms with Crippen molar-refractivity contribution in [2.45, 2.75) is 31.6 Å². The lowest BCUT2D eigenvalue weighted by atomic mass is 9.68. The van der Waals surface area contributed by atoms with Crippen molar-refractivity contribution in [3.8, 4) is 11.3 Å². The molecule has 1 aliphatic carbocycles. The van der Waals surface area contributed by atoms with Gasteiger partial charge in [0.05, 0.1) is 17.7 Å². The minimum Gasteiger partial charge on any atom is -0.395 e. The summed E-state index contributed by atoms with van der Waals surface area (Å²) in [5.41, 5.74) is 2.73. The largest absolute Gasteiger partial charge is 0.395 e. The van der Waals surface area contributed by atoms with Gasteiger partial charge < -0.3 is 5.11 Å². The molecule has 1 heterocycles. The molecule has 0 aliphatic heterocycles. The van der Waals surface area contributed by atoms with Crippen LogP contribution in [0.15, 0.2) is 34.8 Å². The summed E-state index contributed by atoms with van der Waals surface area (Å²) in [6, 6.07) is 10.1. The van der Waals surface area contributed by atoms with Crippen LogP contribution in [0.5, 0.6) is 0 Å². The zero-order valence-electron chi connectivity index (χ0n) is 11.4. The van der Waals surface area contributed by atoms with Crippen molar-refractivity contribution >= 4 is 15.9 Å². The summed E-state index contributed by atoms with van der Waals surface area (Å²) in [5.74, 6) is 0.793. The molecule has 0 radical (unpaired) electrons. The molecule has 1 fully saturated rings. The van der Waals surface area contributed by atoms with Gasteiger partial charge in [0.25, 0.3) is 0 Å². The number of nitrogens with zero attached hydrogens (tertiary/aromatic N) is 2. The van der Waals surface area contributed by atoms with Crippen LogP contribution in [-0.4, -0.2) is 21.7 Å². The molecule has 4 heteroatoms. The first-order chi connectivity index (χ1) is 9.63. The molecule has 0 amide bonds. The van der Waals surface area contributed by atoms with Crippen LogP contribution < -0.4 is 0 Å². The van der Waals surface area contributed by atoms with Crippen molar-refractivity contribution < 1.29 is 5.11 Å². The maximum Gasteiger partial charge on any atom is 0.137 e. The van der Waals surface area contributed by atoms with E-state index in [1.807, 2.05) is 31.2 Å². The third-order valence-corrected chi connectivity index (χ3v) is 4.56. The van der Waals surface area contributed by atoms with Crippen molar-refractivity contribution in [3.05, 3.63) is 46.3 Å². The van der Waals surface area contributed by atoms with E-state index in [9.17, 15) is 5.11 Å². The van der Waals surface area contributed by atoms with Gasteiger partial charge in [0, 0.05) is 15.7 Å². The monoisotopic (exact) mass is 332 g/mol. The van der Waals surface area contributed by atoms with Gasteiger partial charge in [0.1, 0.15) is 5.82 Å². The SMILES string of the molecule is Cc1cc(-c2cccc(Br)c2)nc(C2(CO)CCC2)n1. The fourth-order valence-electron chi connectivity index (χ4n) is 2.66. The van der Waals surface area contributed by atoms with Crippen LogP contribution in [0.4, 0.5) is 0 Å². The second kappa shape index (κ2) is 5.26. The average molecular weight is 333 g/mol. The van der Waals surface area contributed by atoms with Gasteiger partial charge in [-0.3, -0.25) is 0 Å². The Morgan fingerprint density at radius 1 is 1.25 bits per heavy atom. The molecule has 104 valence electrons. The van der Waals surface area contributed by atoms with Crippen LogP contribution >= 0.6 is 15.9 Å². The van der Waals surface area contributed by atoms with E-state index >= 15 is 0 Å². The van der Waals surface area contributed by atoms with Crippen molar-refractivity contribution in [1.29, 1.82) is 0 Å². The molecule has 0 bridgehead atoms. The Bertz CT molecular complexity index is 633. The Labute approximate surface area is 127 Å². The van der Waals surface area contributed by atoms with Crippen molar-refractivity contribution in [2.75, 3.05) is 6.61 Å². The van der Waals surface area contributed by atoms with Gasteiger partial charge in [0.15, 0.2) is 0 Å². The molecular formula is C16H17BrN2O. The first kappa shape index (κ1) is 13.7. The fourth-order valence-corrected chi connectivity index (χ4v) is 3.06. The predicted octanol–water partition coefficient (Wildman–Crippen LogP) is 3.63. The molecule has 1 aromatic heterocycles. The van der Waals surface area contributed by atoms with E-state index in [4.69, 9.17) is 4.98 Å². The van der Waals surface area contributed by atoms with Crippen LogP contribution in [0, 0.1) is 6.92 Å². The van der Waals surface area contributed by atoms with E-state index in [1.165, 1.54) is 0 Å². The first-order valence-electron chi connectivity index (χ1n) is 6.86. The van der Waals surface area contributed by atoms with Gasteiger partial charge in [-0.15, -0.1) is 0 Å². The Hall–Kier alpha value is -1.26. The van der Waals surface area contributed by atoms with E-state index in [0.29, 0.717) is 0 Å². The van der Waals surface area contributed by atoms with E-state index < -0.39 is 0 Å². The summed E-state index contributed by atoms with van der Waals surface area (Å²) in [6.07, 6.45) is 3.10. The van der Waals surface area contributed by atoms with Gasteiger partial charge in [-0.25, -0.2) is 9.97 Å². The molecule has 0 atom stereocenters. The van der Waals surface area contributed by atoms with Crippen molar-refractivity contribution in [3.63, 3.8) is 0 Å². The molecule has 2 aromatic rings. The highest BCUT2D eigenvalue weighted by Gasteiger charge is 2.41. The zero-order chi connectivity index (χ0) is 14.2. The lowest BCUT2D eigenvalue weighted by Crippen LogP contribution is -2.40. The summed E-state index contributed by atoms with van der Waals surface area (Å²) in [6.45, 7) is 2.12. The topological polar surface area (TPSA) is 46.0 Å². The van der Waals surface area contributed by atoms with Gasteiger partial charge >= 0.3 is 0 Å². The summed E-state index contributed by atoms with van der Waals surface area (Å²) in [4.78, 5) is 9.28. The molecule has 1 aromatic carbocycles. The quantitative estimate of drug-likeness (QED) is 0.933. The zero-order valence-corrected chi connectivity index (χ0v) is 13.0. The molecule has 3 nitrogen and oxygen atoms in total. The molecule has 0 spiro atoms. The predicted molar refractivity (Wildman–Crippen MR) is 82.5 cm³/mol. The molecule has 20 heavy (non-hydrogen) atoms. The van der Waals surface area contributed by atoms with Crippen molar-refractivity contribution in [2.24, 2.45) is 0 Å². The molecule has 3 rings (SSSR count). The van der Waals surface area contributed by atoms with Crippen molar-refractivity contribution in [1.82, 2.24) is 9.97 Å². The highest BCUT2D eigenvalue weighted by molar-refractivity contribution is 9.10. The van der Waals surface area contributed by atoms with Crippen LogP contribution in [0.25, 0.3) is 11.3 Å². The number of aliphatic hydroxyl groups is 1. The highest BCUT2D eigenvalue weighted by Crippen LogP contribution is 2.42. The van der Waals surface area contributed by atoms with E-state index in [2.05, 4.69) is 27.0 Å². The average Bonchev–Trinajstić information content (AvgIpc) is 2.37. The van der Waals surface area contributed by atoms with Gasteiger partial charge in [-0.1, -0.05) is 34.5 Å². The van der Waals surface area contributed by atoms with Gasteiger partial charge in [0.2, 0.25) is 0 Å². The van der Waals surface area contributed by atoms with Gasteiger partial charge in [-0.05, 0) is 38.0 Å². The maximum atomic E-state index is 9.70. The second-order valence-electron chi connectivity index (χ2n) is 5.52. The molecule has 1 saturated carbocycles. The maximum absolute atomic E-state index is 9.70. The number of hydrogen-bond donors (Lipinski definition) is 1. The molecule has 1 N–H and O–H groups in total. The Morgan fingerprint density at radius 3 is 2.65 bits per heavy atom. The molecular weight excluding hydrogens is 316 g/mol. The van der Waals surface area contributed by atoms with Crippen LogP contribution in [0.2, 0.25) is 0 Å². The minimum absolute atomic E-state index is 0.133. The number of aryl methyl sites for hydroxylation is 1. The highest BCUT2D eigenvalue weighted by atomic mass is 79.9. The number of aromatic nitrogens is 2. The first-order valence-corrected chi connectivity index (χ1v) is 7.65. The van der Waals surface area contributed by atoms with Crippen LogP contribution in [0.1, 0.15) is 30.8 Å². The second-order valence-corrected chi connectivity index (χ2v) is 6.44. The van der Waals surface area contributed by atoms with E-state index in [-0.39, 0.29) is 12.0 Å². The number of aliphatic hydroxyl groups excluding tert-OH is 1. The Balaban J connectivity index is 2.07. The third kappa shape index (κ3) is 2.38. The fraction of sp³-hybridized carbons (Fsp3) is 0.375. The molecule has 0 unspecified atom stereocenters. The smallest absolute Gasteiger partial charge is 0.137 e. The number of rotatable bonds is 3. The summed E-state index contributed by atoms with van der Waals surface area (Å²) in [5, 5.41) is 9.70. The normalized spacial score (nSPS) is 16.8. The summed E-state index contributed by atoms with van der Waals surface area (Å²) in [7, 11) is 0. The number of hydrogen-bond acceptors (Lipinski definition) is 3. The van der Waals surface area contributed by atoms with Crippen LogP contribution in [0.3, 0.4) is 0 Å². The summed E-state index contributed by atoms with van der Waals surface area (Å²) >= 11 is 3.49. The molecule has 0 saturated heterocycles. The molecule has 1 aliphatic rings. The standard InChI is InChI=1S/C16H17BrN2O/c1-11-8-14(12-4-2-5-13(17)9-12)19-15(18-11)16(10-20)6-3-7-16/h2,4-5,8-9,20H,3,6-7,10H2,1H3. The minimum atomic E-state index is -0.215. The Morgan fingerprint density at radius 2 is 2.05 bits per heavy atom. The summed E-state index contributed by atoms with van der Waals surface area (Å²) < 4.78 is 1.04. The van der Waals surface area contributed by atoms with E-state index in [0.717, 1.165) is 46.5 Å². The Kier molecular flexibility index (Phi) is 3.61. The van der Waals surface area contributed by atoms with E-state index in [1.54, 1.807) is 0 Å².